The van der Waals surface area contributed by atoms with Crippen molar-refractivity contribution in [3.8, 4) is 5.75 Å². The van der Waals surface area contributed by atoms with Crippen LogP contribution in [-0.4, -0.2) is 78.3 Å². The van der Waals surface area contributed by atoms with Gasteiger partial charge < -0.3 is 24.2 Å². The highest BCUT2D eigenvalue weighted by atomic mass is 16.5. The molecule has 2 heterocycles. The van der Waals surface area contributed by atoms with E-state index in [0.717, 1.165) is 49.8 Å². The number of amides is 3. The molecule has 5 rings (SSSR count). The van der Waals surface area contributed by atoms with E-state index in [1.165, 1.54) is 0 Å². The molecular weight excluding hydrogens is 510 g/mol. The number of esters is 1. The van der Waals surface area contributed by atoms with Gasteiger partial charge >= 0.3 is 5.97 Å². The van der Waals surface area contributed by atoms with E-state index in [-0.39, 0.29) is 36.7 Å². The predicted octanol–water partition coefficient (Wildman–Crippen LogP) is 3.52. The quantitative estimate of drug-likeness (QED) is 0.459. The molecule has 3 fully saturated rings. The largest absolute Gasteiger partial charge is 0.497 e. The Labute approximate surface area is 236 Å². The van der Waals surface area contributed by atoms with E-state index in [4.69, 9.17) is 9.47 Å². The molecular formula is C31H41N3O6. The highest BCUT2D eigenvalue weighted by molar-refractivity contribution is 5.99. The summed E-state index contributed by atoms with van der Waals surface area (Å²) < 4.78 is 10.9. The average Bonchev–Trinajstić information content (AvgIpc) is 3.78. The minimum Gasteiger partial charge on any atom is -0.497 e. The van der Waals surface area contributed by atoms with Crippen LogP contribution in [0.15, 0.2) is 36.0 Å². The number of fused-ring (bicyclic) bond motifs is 1. The van der Waals surface area contributed by atoms with Crippen molar-refractivity contribution in [1.29, 1.82) is 0 Å². The monoisotopic (exact) mass is 551 g/mol. The molecule has 1 aromatic rings. The molecule has 1 aromatic carbocycles. The van der Waals surface area contributed by atoms with Crippen molar-refractivity contribution in [1.82, 2.24) is 14.7 Å². The van der Waals surface area contributed by atoms with Crippen LogP contribution in [0, 0.1) is 17.3 Å². The first-order chi connectivity index (χ1) is 19.4. The van der Waals surface area contributed by atoms with Gasteiger partial charge in [-0.15, -0.1) is 0 Å². The van der Waals surface area contributed by atoms with Crippen LogP contribution in [0.1, 0.15) is 63.9 Å². The topological polar surface area (TPSA) is 96.5 Å². The molecule has 0 aromatic heterocycles. The molecule has 0 spiro atoms. The first-order valence-electron chi connectivity index (χ1n) is 14.8. The van der Waals surface area contributed by atoms with Crippen molar-refractivity contribution in [3.63, 3.8) is 0 Å². The number of benzene rings is 1. The number of piperazine rings is 1. The minimum atomic E-state index is -1.18. The maximum Gasteiger partial charge on any atom is 0.318 e. The molecule has 2 saturated heterocycles. The van der Waals surface area contributed by atoms with Crippen LogP contribution in [0.2, 0.25) is 0 Å². The predicted molar refractivity (Wildman–Crippen MR) is 148 cm³/mol. The summed E-state index contributed by atoms with van der Waals surface area (Å²) in [6.07, 6.45) is 7.86. The lowest BCUT2D eigenvalue weighted by Crippen LogP contribution is -2.52. The minimum absolute atomic E-state index is 0.0509. The Morgan fingerprint density at radius 2 is 1.68 bits per heavy atom. The van der Waals surface area contributed by atoms with Gasteiger partial charge in [0.2, 0.25) is 17.7 Å². The van der Waals surface area contributed by atoms with Gasteiger partial charge in [0.05, 0.1) is 26.2 Å². The smallest absolute Gasteiger partial charge is 0.318 e. The Morgan fingerprint density at radius 1 is 0.975 bits per heavy atom. The molecule has 0 unspecified atom stereocenters. The number of hydrogen-bond donors (Lipinski definition) is 0. The van der Waals surface area contributed by atoms with Gasteiger partial charge in [0.15, 0.2) is 0 Å². The second-order valence-corrected chi connectivity index (χ2v) is 11.4. The molecule has 0 radical (unpaired) electrons. The Bertz CT molecular complexity index is 1150. The van der Waals surface area contributed by atoms with Crippen molar-refractivity contribution in [2.75, 3.05) is 39.9 Å². The molecule has 2 aliphatic heterocycles. The molecule has 2 aliphatic carbocycles. The van der Waals surface area contributed by atoms with Gasteiger partial charge in [-0.3, -0.25) is 19.2 Å². The van der Waals surface area contributed by atoms with Gasteiger partial charge in [-0.25, -0.2) is 0 Å². The number of rotatable bonds is 8. The van der Waals surface area contributed by atoms with Gasteiger partial charge in [0.25, 0.3) is 0 Å². The Hall–Kier alpha value is -3.36. The maximum atomic E-state index is 14.2. The number of carbonyl (C=O) groups excluding carboxylic acids is 4. The number of likely N-dealkylation sites (tertiary alicyclic amines) is 1. The van der Waals surface area contributed by atoms with Crippen molar-refractivity contribution >= 4 is 23.7 Å². The lowest BCUT2D eigenvalue weighted by molar-refractivity contribution is -0.158. The summed E-state index contributed by atoms with van der Waals surface area (Å²) in [7, 11) is 1.61. The Kier molecular flexibility index (Phi) is 8.47. The zero-order chi connectivity index (χ0) is 28.3. The molecule has 0 N–H and O–H groups in total. The molecule has 1 saturated carbocycles. The average molecular weight is 552 g/mol. The summed E-state index contributed by atoms with van der Waals surface area (Å²) in [5.41, 5.74) is 0.418. The second-order valence-electron chi connectivity index (χ2n) is 11.4. The van der Waals surface area contributed by atoms with E-state index in [1.54, 1.807) is 23.8 Å². The SMILES string of the molecule is CCOC(=O)[C@]12CCCCC/C=C\1N(Cc1ccc(OC)cc1)C(=O)[C@H]2CC(=O)N1CCN(C(=O)C2CC2)CC1. The van der Waals surface area contributed by atoms with E-state index in [1.807, 2.05) is 35.2 Å². The zero-order valence-corrected chi connectivity index (χ0v) is 23.7. The summed E-state index contributed by atoms with van der Waals surface area (Å²) >= 11 is 0. The van der Waals surface area contributed by atoms with Crippen molar-refractivity contribution in [2.45, 2.75) is 64.8 Å². The number of allylic oxidation sites excluding steroid dienone is 1. The summed E-state index contributed by atoms with van der Waals surface area (Å²) in [6, 6.07) is 7.55. The van der Waals surface area contributed by atoms with Crippen LogP contribution in [0.25, 0.3) is 0 Å². The van der Waals surface area contributed by atoms with Gasteiger partial charge in [-0.1, -0.05) is 31.1 Å². The van der Waals surface area contributed by atoms with Crippen molar-refractivity contribution in [2.24, 2.45) is 17.3 Å². The third-order valence-corrected chi connectivity index (χ3v) is 8.91. The van der Waals surface area contributed by atoms with E-state index >= 15 is 0 Å². The third kappa shape index (κ3) is 5.47. The van der Waals surface area contributed by atoms with Gasteiger partial charge in [0, 0.05) is 44.2 Å². The van der Waals surface area contributed by atoms with E-state index in [9.17, 15) is 19.2 Å². The third-order valence-electron chi connectivity index (χ3n) is 8.91. The molecule has 2 atom stereocenters. The lowest BCUT2D eigenvalue weighted by Gasteiger charge is -2.37. The molecule has 0 bridgehead atoms. The van der Waals surface area contributed by atoms with Crippen LogP contribution in [-0.2, 0) is 30.5 Å². The first kappa shape index (κ1) is 28.2. The number of nitrogens with zero attached hydrogens (tertiary/aromatic N) is 3. The van der Waals surface area contributed by atoms with Gasteiger partial charge in [-0.05, 0) is 56.7 Å². The van der Waals surface area contributed by atoms with Crippen LogP contribution in [0.4, 0.5) is 0 Å². The molecule has 216 valence electrons. The molecule has 4 aliphatic rings. The maximum absolute atomic E-state index is 14.2. The van der Waals surface area contributed by atoms with Gasteiger partial charge in [0.1, 0.15) is 11.2 Å². The van der Waals surface area contributed by atoms with Crippen molar-refractivity contribution in [3.05, 3.63) is 41.6 Å². The van der Waals surface area contributed by atoms with E-state index in [0.29, 0.717) is 44.8 Å². The molecule has 9 heteroatoms. The fourth-order valence-electron chi connectivity index (χ4n) is 6.51. The zero-order valence-electron chi connectivity index (χ0n) is 23.7. The summed E-state index contributed by atoms with van der Waals surface area (Å²) in [5, 5.41) is 0. The summed E-state index contributed by atoms with van der Waals surface area (Å²) in [5.74, 6) is -0.507. The highest BCUT2D eigenvalue weighted by Crippen LogP contribution is 2.53. The normalized spacial score (nSPS) is 26.4. The summed E-state index contributed by atoms with van der Waals surface area (Å²) in [4.78, 5) is 59.5. The number of methoxy groups -OCH3 is 1. The van der Waals surface area contributed by atoms with Crippen LogP contribution < -0.4 is 4.74 Å². The highest BCUT2D eigenvalue weighted by Gasteiger charge is 2.61. The lowest BCUT2D eigenvalue weighted by atomic mass is 9.69. The number of ether oxygens (including phenoxy) is 2. The first-order valence-corrected chi connectivity index (χ1v) is 14.8. The fourth-order valence-corrected chi connectivity index (χ4v) is 6.51. The van der Waals surface area contributed by atoms with Crippen LogP contribution >= 0.6 is 0 Å². The molecule has 3 amide bonds. The van der Waals surface area contributed by atoms with Crippen LogP contribution in [0.5, 0.6) is 5.75 Å². The van der Waals surface area contributed by atoms with Crippen molar-refractivity contribution < 1.29 is 28.7 Å². The van der Waals surface area contributed by atoms with E-state index < -0.39 is 17.3 Å². The Morgan fingerprint density at radius 3 is 2.33 bits per heavy atom. The second kappa shape index (κ2) is 12.0. The fraction of sp³-hybridized carbons (Fsp3) is 0.613. The standard InChI is InChI=1S/C31H41N3O6/c1-3-40-30(38)31-15-7-5-4-6-8-26(31)34(21-22-9-13-24(39-2)14-10-22)29(37)25(31)20-27(35)32-16-18-33(19-17-32)28(36)23-11-12-23/h8-10,13-14,23,25H,3-7,11-12,15-21H2,1-2H3/b26-8+/t25-,31+/m1/s1. The number of hydrogen-bond acceptors (Lipinski definition) is 6. The van der Waals surface area contributed by atoms with Gasteiger partial charge in [-0.2, -0.15) is 0 Å². The number of carbonyl (C=O) groups is 4. The molecule has 9 nitrogen and oxygen atoms in total. The molecule has 40 heavy (non-hydrogen) atoms. The van der Waals surface area contributed by atoms with E-state index in [2.05, 4.69) is 0 Å². The van der Waals surface area contributed by atoms with Crippen LogP contribution in [0.3, 0.4) is 0 Å². The summed E-state index contributed by atoms with van der Waals surface area (Å²) in [6.45, 7) is 4.20. The Balaban J connectivity index is 1.41.